The van der Waals surface area contributed by atoms with Crippen molar-refractivity contribution < 1.29 is 17.6 Å². The van der Waals surface area contributed by atoms with Gasteiger partial charge >= 0.3 is 0 Å². The topological polar surface area (TPSA) is 66.5 Å². The van der Waals surface area contributed by atoms with Crippen molar-refractivity contribution in [2.75, 3.05) is 15.9 Å². The first-order valence-electron chi connectivity index (χ1n) is 7.44. The van der Waals surface area contributed by atoms with E-state index in [1.165, 1.54) is 18.2 Å². The van der Waals surface area contributed by atoms with E-state index in [4.69, 9.17) is 0 Å². The molecule has 0 heterocycles. The molecule has 0 aliphatic rings. The molecule has 7 heteroatoms. The van der Waals surface area contributed by atoms with Gasteiger partial charge < -0.3 is 5.32 Å². The monoisotopic (exact) mass is 350 g/mol. The van der Waals surface area contributed by atoms with Crippen LogP contribution in [0.25, 0.3) is 0 Å². The van der Waals surface area contributed by atoms with Crippen molar-refractivity contribution in [2.24, 2.45) is 0 Å². The van der Waals surface area contributed by atoms with Gasteiger partial charge in [-0.15, -0.1) is 0 Å². The summed E-state index contributed by atoms with van der Waals surface area (Å²) in [6, 6.07) is 13.1. The van der Waals surface area contributed by atoms with Crippen LogP contribution in [0, 0.1) is 5.82 Å². The number of sulfonamides is 1. The minimum atomic E-state index is -3.70. The Labute approximate surface area is 141 Å². The summed E-state index contributed by atoms with van der Waals surface area (Å²) in [5, 5.41) is 2.46. The summed E-state index contributed by atoms with van der Waals surface area (Å²) in [7, 11) is -3.70. The normalized spacial score (nSPS) is 12.5. The molecule has 2 aromatic rings. The van der Waals surface area contributed by atoms with E-state index in [0.717, 1.165) is 10.6 Å². The van der Waals surface area contributed by atoms with Crippen molar-refractivity contribution in [3.63, 3.8) is 0 Å². The predicted molar refractivity (Wildman–Crippen MR) is 92.9 cm³/mol. The lowest BCUT2D eigenvalue weighted by Gasteiger charge is -2.30. The number of rotatable bonds is 6. The number of para-hydroxylation sites is 2. The third kappa shape index (κ3) is 4.11. The van der Waals surface area contributed by atoms with Gasteiger partial charge in [-0.2, -0.15) is 0 Å². The maximum Gasteiger partial charge on any atom is 0.248 e. The van der Waals surface area contributed by atoms with Crippen LogP contribution in [-0.2, 0) is 14.8 Å². The number of benzene rings is 2. The van der Waals surface area contributed by atoms with Gasteiger partial charge in [-0.1, -0.05) is 37.3 Å². The average molecular weight is 350 g/mol. The Hall–Kier alpha value is -2.41. The van der Waals surface area contributed by atoms with Gasteiger partial charge in [0.05, 0.1) is 17.6 Å². The fourth-order valence-corrected chi connectivity index (χ4v) is 3.63. The smallest absolute Gasteiger partial charge is 0.248 e. The second kappa shape index (κ2) is 7.44. The van der Waals surface area contributed by atoms with E-state index in [1.54, 1.807) is 43.3 Å². The molecule has 1 atom stereocenters. The molecule has 24 heavy (non-hydrogen) atoms. The summed E-state index contributed by atoms with van der Waals surface area (Å²) in [6.45, 7) is 1.70. The van der Waals surface area contributed by atoms with Gasteiger partial charge in [0.1, 0.15) is 11.9 Å². The molecule has 0 fully saturated rings. The number of halogens is 1. The summed E-state index contributed by atoms with van der Waals surface area (Å²) >= 11 is 0. The number of anilines is 2. The van der Waals surface area contributed by atoms with Gasteiger partial charge in [0.2, 0.25) is 15.9 Å². The molecule has 2 aromatic carbocycles. The van der Waals surface area contributed by atoms with Crippen LogP contribution in [0.5, 0.6) is 0 Å². The van der Waals surface area contributed by atoms with Crippen LogP contribution in [-0.4, -0.2) is 26.6 Å². The van der Waals surface area contributed by atoms with Crippen molar-refractivity contribution in [2.45, 2.75) is 19.4 Å². The minimum Gasteiger partial charge on any atom is -0.322 e. The first kappa shape index (κ1) is 17.9. The fraction of sp³-hybridized carbons (Fsp3) is 0.235. The summed E-state index contributed by atoms with van der Waals surface area (Å²) in [6.07, 6.45) is 1.28. The number of amides is 1. The Bertz CT molecular complexity index is 810. The van der Waals surface area contributed by atoms with Crippen molar-refractivity contribution in [1.82, 2.24) is 0 Å². The van der Waals surface area contributed by atoms with Crippen molar-refractivity contribution >= 4 is 27.3 Å². The second-order valence-electron chi connectivity index (χ2n) is 5.29. The molecular formula is C17H19FN2O3S. The zero-order chi connectivity index (χ0) is 17.7. The maximum atomic E-state index is 13.7. The molecule has 0 aliphatic carbocycles. The third-order valence-corrected chi connectivity index (χ3v) is 4.65. The van der Waals surface area contributed by atoms with E-state index in [1.807, 2.05) is 0 Å². The summed E-state index contributed by atoms with van der Waals surface area (Å²) in [4.78, 5) is 12.6. The molecule has 0 spiro atoms. The van der Waals surface area contributed by atoms with E-state index < -0.39 is 27.8 Å². The standard InChI is InChI=1S/C17H19FN2O3S/c1-3-16(17(21)19-15-12-8-7-11-14(15)18)20(24(2,22)23)13-9-5-4-6-10-13/h4-12,16H,3H2,1-2H3,(H,19,21). The largest absolute Gasteiger partial charge is 0.322 e. The van der Waals surface area contributed by atoms with Gasteiger partial charge in [-0.3, -0.25) is 9.10 Å². The Kier molecular flexibility index (Phi) is 5.56. The first-order valence-corrected chi connectivity index (χ1v) is 9.29. The Balaban J connectivity index is 2.36. The highest BCUT2D eigenvalue weighted by Crippen LogP contribution is 2.23. The molecule has 0 saturated carbocycles. The number of hydrogen-bond acceptors (Lipinski definition) is 3. The SMILES string of the molecule is CCC(C(=O)Nc1ccccc1F)N(c1ccccc1)S(C)(=O)=O. The van der Waals surface area contributed by atoms with Crippen molar-refractivity contribution in [1.29, 1.82) is 0 Å². The zero-order valence-corrected chi connectivity index (χ0v) is 14.3. The lowest BCUT2D eigenvalue weighted by molar-refractivity contribution is -0.117. The number of hydrogen-bond donors (Lipinski definition) is 1. The van der Waals surface area contributed by atoms with E-state index in [0.29, 0.717) is 5.69 Å². The van der Waals surface area contributed by atoms with Crippen molar-refractivity contribution in [3.05, 3.63) is 60.4 Å². The Morgan fingerprint density at radius 2 is 1.71 bits per heavy atom. The highest BCUT2D eigenvalue weighted by Gasteiger charge is 2.31. The van der Waals surface area contributed by atoms with Crippen LogP contribution in [0.4, 0.5) is 15.8 Å². The Morgan fingerprint density at radius 1 is 1.12 bits per heavy atom. The molecule has 128 valence electrons. The van der Waals surface area contributed by atoms with Gasteiger partial charge in [0.25, 0.3) is 0 Å². The molecule has 0 saturated heterocycles. The zero-order valence-electron chi connectivity index (χ0n) is 13.4. The van der Waals surface area contributed by atoms with Crippen LogP contribution in [0.15, 0.2) is 54.6 Å². The lowest BCUT2D eigenvalue weighted by atomic mass is 10.2. The van der Waals surface area contributed by atoms with E-state index in [9.17, 15) is 17.6 Å². The molecule has 0 aromatic heterocycles. The van der Waals surface area contributed by atoms with Crippen LogP contribution in [0.1, 0.15) is 13.3 Å². The predicted octanol–water partition coefficient (Wildman–Crippen LogP) is 3.01. The summed E-state index contributed by atoms with van der Waals surface area (Å²) in [5.74, 6) is -1.16. The molecule has 1 N–H and O–H groups in total. The second-order valence-corrected chi connectivity index (χ2v) is 7.15. The van der Waals surface area contributed by atoms with Gasteiger partial charge in [0, 0.05) is 0 Å². The number of nitrogens with zero attached hydrogens (tertiary/aromatic N) is 1. The molecule has 5 nitrogen and oxygen atoms in total. The van der Waals surface area contributed by atoms with Gasteiger partial charge in [0.15, 0.2) is 0 Å². The molecule has 0 aliphatic heterocycles. The van der Waals surface area contributed by atoms with Gasteiger partial charge in [-0.25, -0.2) is 12.8 Å². The number of nitrogens with one attached hydrogen (secondary N) is 1. The molecule has 2 rings (SSSR count). The first-order chi connectivity index (χ1) is 11.3. The van der Waals surface area contributed by atoms with Crippen LogP contribution in [0.3, 0.4) is 0 Å². The van der Waals surface area contributed by atoms with Crippen LogP contribution < -0.4 is 9.62 Å². The highest BCUT2D eigenvalue weighted by molar-refractivity contribution is 7.92. The highest BCUT2D eigenvalue weighted by atomic mass is 32.2. The molecule has 0 radical (unpaired) electrons. The Morgan fingerprint density at radius 3 is 2.25 bits per heavy atom. The third-order valence-electron chi connectivity index (χ3n) is 3.47. The number of carbonyl (C=O) groups excluding carboxylic acids is 1. The molecule has 0 bridgehead atoms. The fourth-order valence-electron chi connectivity index (χ4n) is 2.41. The van der Waals surface area contributed by atoms with E-state index in [2.05, 4.69) is 5.32 Å². The van der Waals surface area contributed by atoms with Crippen LogP contribution in [0.2, 0.25) is 0 Å². The van der Waals surface area contributed by atoms with E-state index in [-0.39, 0.29) is 12.1 Å². The summed E-state index contributed by atoms with van der Waals surface area (Å²) in [5.41, 5.74) is 0.401. The average Bonchev–Trinajstić information content (AvgIpc) is 2.54. The van der Waals surface area contributed by atoms with E-state index >= 15 is 0 Å². The lowest BCUT2D eigenvalue weighted by Crippen LogP contribution is -2.47. The minimum absolute atomic E-state index is 0.0162. The summed E-state index contributed by atoms with van der Waals surface area (Å²) < 4.78 is 39.2. The van der Waals surface area contributed by atoms with Crippen LogP contribution >= 0.6 is 0 Å². The molecule has 1 unspecified atom stereocenters. The molecular weight excluding hydrogens is 331 g/mol. The quantitative estimate of drug-likeness (QED) is 0.871. The van der Waals surface area contributed by atoms with Crippen molar-refractivity contribution in [3.8, 4) is 0 Å². The maximum absolute atomic E-state index is 13.7. The van der Waals surface area contributed by atoms with Gasteiger partial charge in [-0.05, 0) is 30.7 Å². The molecule has 1 amide bonds. The number of carbonyl (C=O) groups is 1.